The Balaban J connectivity index is 0.00000300. The standard InChI is InChI=1S/C21H31N5OS.HI/c1-4-22-21(25-15-17-8-5-11-23-20(17)27-3)24-14-16-9-6-12-26(2)19(16)18-10-7-13-28-18;/h5,7-8,10-11,13,16,19H,4,6,9,12,14-15H2,1-3H3,(H2,22,24,25);1H. The van der Waals surface area contributed by atoms with Crippen LogP contribution in [0, 0.1) is 5.92 Å². The van der Waals surface area contributed by atoms with Gasteiger partial charge in [-0.25, -0.2) is 9.98 Å². The Kier molecular flexibility index (Phi) is 10.2. The highest BCUT2D eigenvalue weighted by molar-refractivity contribution is 14.0. The largest absolute Gasteiger partial charge is 0.481 e. The normalized spacial score (nSPS) is 20.0. The lowest BCUT2D eigenvalue weighted by molar-refractivity contribution is 0.125. The second-order valence-corrected chi connectivity index (χ2v) is 8.07. The third kappa shape index (κ3) is 6.55. The molecular formula is C21H32IN5OS. The monoisotopic (exact) mass is 529 g/mol. The van der Waals surface area contributed by atoms with E-state index in [2.05, 4.69) is 52.0 Å². The number of halogens is 1. The summed E-state index contributed by atoms with van der Waals surface area (Å²) in [6.07, 6.45) is 4.21. The first-order chi connectivity index (χ1) is 13.7. The first kappa shape index (κ1) is 23.9. The maximum atomic E-state index is 5.33. The first-order valence-corrected chi connectivity index (χ1v) is 10.8. The number of nitrogens with one attached hydrogen (secondary N) is 2. The molecule has 3 rings (SSSR count). The van der Waals surface area contributed by atoms with Crippen LogP contribution in [-0.4, -0.2) is 49.6 Å². The summed E-state index contributed by atoms with van der Waals surface area (Å²) in [4.78, 5) is 12.9. The molecule has 0 aliphatic carbocycles. The summed E-state index contributed by atoms with van der Waals surface area (Å²) >= 11 is 1.86. The number of likely N-dealkylation sites (tertiary alicyclic amines) is 1. The van der Waals surface area contributed by atoms with Crippen LogP contribution in [0.3, 0.4) is 0 Å². The number of pyridine rings is 1. The SMILES string of the molecule is CCNC(=NCc1cccnc1OC)NCC1CCCN(C)C1c1cccs1.I. The zero-order valence-corrected chi connectivity index (χ0v) is 20.6. The lowest BCUT2D eigenvalue weighted by Gasteiger charge is -2.39. The van der Waals surface area contributed by atoms with Crippen LogP contribution >= 0.6 is 35.3 Å². The summed E-state index contributed by atoms with van der Waals surface area (Å²) in [6.45, 7) is 5.52. The molecule has 0 spiro atoms. The molecule has 0 saturated carbocycles. The number of hydrogen-bond acceptors (Lipinski definition) is 5. The van der Waals surface area contributed by atoms with Crippen LogP contribution in [0.25, 0.3) is 0 Å². The maximum Gasteiger partial charge on any atom is 0.218 e. The Morgan fingerprint density at radius 2 is 2.21 bits per heavy atom. The van der Waals surface area contributed by atoms with Crippen LogP contribution in [0.1, 0.15) is 36.2 Å². The van der Waals surface area contributed by atoms with Gasteiger partial charge in [-0.15, -0.1) is 35.3 Å². The molecule has 2 unspecified atom stereocenters. The van der Waals surface area contributed by atoms with Crippen LogP contribution in [0.5, 0.6) is 5.88 Å². The maximum absolute atomic E-state index is 5.33. The minimum atomic E-state index is 0. The summed E-state index contributed by atoms with van der Waals surface area (Å²) in [7, 11) is 3.88. The summed E-state index contributed by atoms with van der Waals surface area (Å²) in [5.41, 5.74) is 0.982. The van der Waals surface area contributed by atoms with Crippen molar-refractivity contribution < 1.29 is 4.74 Å². The first-order valence-electron chi connectivity index (χ1n) is 9.96. The van der Waals surface area contributed by atoms with Gasteiger partial charge in [0.1, 0.15) is 0 Å². The fourth-order valence-corrected chi connectivity index (χ4v) is 4.83. The number of aliphatic imine (C=N–C) groups is 1. The topological polar surface area (TPSA) is 61.8 Å². The highest BCUT2D eigenvalue weighted by Crippen LogP contribution is 2.36. The van der Waals surface area contributed by atoms with Gasteiger partial charge in [0.25, 0.3) is 0 Å². The van der Waals surface area contributed by atoms with Gasteiger partial charge in [-0.1, -0.05) is 12.1 Å². The van der Waals surface area contributed by atoms with Gasteiger partial charge in [-0.2, -0.15) is 0 Å². The van der Waals surface area contributed by atoms with Gasteiger partial charge in [-0.3, -0.25) is 4.90 Å². The van der Waals surface area contributed by atoms with Crippen molar-refractivity contribution in [1.82, 2.24) is 20.5 Å². The third-order valence-corrected chi connectivity index (χ3v) is 6.11. The Morgan fingerprint density at radius 3 is 2.93 bits per heavy atom. The number of aromatic nitrogens is 1. The average molecular weight is 529 g/mol. The number of ether oxygens (including phenoxy) is 1. The van der Waals surface area contributed by atoms with E-state index in [-0.39, 0.29) is 24.0 Å². The van der Waals surface area contributed by atoms with E-state index in [1.54, 1.807) is 13.3 Å². The van der Waals surface area contributed by atoms with E-state index in [0.717, 1.165) is 31.2 Å². The van der Waals surface area contributed by atoms with Crippen molar-refractivity contribution in [2.75, 3.05) is 33.8 Å². The van der Waals surface area contributed by atoms with E-state index < -0.39 is 0 Å². The number of guanidine groups is 1. The highest BCUT2D eigenvalue weighted by Gasteiger charge is 2.31. The fraction of sp³-hybridized carbons (Fsp3) is 0.524. The molecule has 0 radical (unpaired) electrons. The Morgan fingerprint density at radius 1 is 1.34 bits per heavy atom. The second kappa shape index (κ2) is 12.3. The number of hydrogen-bond donors (Lipinski definition) is 2. The average Bonchev–Trinajstić information content (AvgIpc) is 3.24. The zero-order chi connectivity index (χ0) is 19.8. The number of methoxy groups -OCH3 is 1. The van der Waals surface area contributed by atoms with E-state index >= 15 is 0 Å². The molecule has 0 bridgehead atoms. The molecule has 2 aromatic heterocycles. The number of nitrogens with zero attached hydrogens (tertiary/aromatic N) is 3. The number of thiophene rings is 1. The smallest absolute Gasteiger partial charge is 0.218 e. The van der Waals surface area contributed by atoms with Crippen LogP contribution in [0.15, 0.2) is 40.8 Å². The minimum Gasteiger partial charge on any atom is -0.481 e. The predicted molar refractivity (Wildman–Crippen MR) is 131 cm³/mol. The molecule has 3 heterocycles. The summed E-state index contributed by atoms with van der Waals surface area (Å²) in [6, 6.07) is 8.80. The molecular weight excluding hydrogens is 497 g/mol. The third-order valence-electron chi connectivity index (χ3n) is 5.17. The van der Waals surface area contributed by atoms with Crippen molar-refractivity contribution in [3.8, 4) is 5.88 Å². The molecule has 6 nitrogen and oxygen atoms in total. The van der Waals surface area contributed by atoms with E-state index in [9.17, 15) is 0 Å². The van der Waals surface area contributed by atoms with E-state index in [0.29, 0.717) is 24.4 Å². The summed E-state index contributed by atoms with van der Waals surface area (Å²) < 4.78 is 5.33. The predicted octanol–water partition coefficient (Wildman–Crippen LogP) is 3.91. The minimum absolute atomic E-state index is 0. The number of rotatable bonds is 7. The van der Waals surface area contributed by atoms with Crippen molar-refractivity contribution >= 4 is 41.3 Å². The Labute approximate surface area is 195 Å². The van der Waals surface area contributed by atoms with Crippen LogP contribution < -0.4 is 15.4 Å². The molecule has 2 N–H and O–H groups in total. The van der Waals surface area contributed by atoms with Gasteiger partial charge in [-0.05, 0) is 56.8 Å². The van der Waals surface area contributed by atoms with Gasteiger partial charge in [0.15, 0.2) is 5.96 Å². The summed E-state index contributed by atoms with van der Waals surface area (Å²) in [5.74, 6) is 2.04. The molecule has 1 saturated heterocycles. The fourth-order valence-electron chi connectivity index (χ4n) is 3.84. The quantitative estimate of drug-likeness (QED) is 0.324. The van der Waals surface area contributed by atoms with Crippen LogP contribution in [0.2, 0.25) is 0 Å². The number of piperidine rings is 1. The van der Waals surface area contributed by atoms with E-state index in [4.69, 9.17) is 9.73 Å². The molecule has 1 fully saturated rings. The lowest BCUT2D eigenvalue weighted by Crippen LogP contribution is -2.44. The van der Waals surface area contributed by atoms with Crippen molar-refractivity contribution in [2.45, 2.75) is 32.4 Å². The second-order valence-electron chi connectivity index (χ2n) is 7.09. The molecule has 1 aliphatic rings. The molecule has 0 aromatic carbocycles. The van der Waals surface area contributed by atoms with Gasteiger partial charge in [0, 0.05) is 35.8 Å². The van der Waals surface area contributed by atoms with Crippen molar-refractivity contribution in [2.24, 2.45) is 10.9 Å². The van der Waals surface area contributed by atoms with Crippen LogP contribution in [0.4, 0.5) is 0 Å². The molecule has 160 valence electrons. The van der Waals surface area contributed by atoms with E-state index in [1.165, 1.54) is 17.7 Å². The molecule has 0 amide bonds. The molecule has 2 aromatic rings. The van der Waals surface area contributed by atoms with Gasteiger partial charge >= 0.3 is 0 Å². The lowest BCUT2D eigenvalue weighted by atomic mass is 9.88. The van der Waals surface area contributed by atoms with Crippen molar-refractivity contribution in [3.05, 3.63) is 46.3 Å². The molecule has 29 heavy (non-hydrogen) atoms. The Hall–Kier alpha value is -1.39. The van der Waals surface area contributed by atoms with Gasteiger partial charge in [0.05, 0.1) is 13.7 Å². The highest BCUT2D eigenvalue weighted by atomic mass is 127. The van der Waals surface area contributed by atoms with Crippen LogP contribution in [-0.2, 0) is 6.54 Å². The molecule has 8 heteroatoms. The van der Waals surface area contributed by atoms with Crippen molar-refractivity contribution in [1.29, 1.82) is 0 Å². The van der Waals surface area contributed by atoms with Gasteiger partial charge in [0.2, 0.25) is 5.88 Å². The van der Waals surface area contributed by atoms with Crippen molar-refractivity contribution in [3.63, 3.8) is 0 Å². The molecule has 1 aliphatic heterocycles. The Bertz CT molecular complexity index is 755. The zero-order valence-electron chi connectivity index (χ0n) is 17.4. The molecule has 2 atom stereocenters. The van der Waals surface area contributed by atoms with Gasteiger partial charge < -0.3 is 15.4 Å². The summed E-state index contributed by atoms with van der Waals surface area (Å²) in [5, 5.41) is 9.10. The van der Waals surface area contributed by atoms with E-state index in [1.807, 2.05) is 23.5 Å².